The number of ether oxygens (including phenoxy) is 1. The minimum absolute atomic E-state index is 0.0545. The molecule has 0 radical (unpaired) electrons. The zero-order valence-electron chi connectivity index (χ0n) is 9.72. The van der Waals surface area contributed by atoms with Crippen LogP contribution in [-0.4, -0.2) is 39.0 Å². The molecule has 0 fully saturated rings. The van der Waals surface area contributed by atoms with E-state index in [1.807, 2.05) is 0 Å². The molecule has 0 saturated carbocycles. The molecule has 5 nitrogen and oxygen atoms in total. The summed E-state index contributed by atoms with van der Waals surface area (Å²) in [5.41, 5.74) is -0.158. The number of carbonyl (C=O) groups is 1. The van der Waals surface area contributed by atoms with E-state index in [4.69, 9.17) is 9.84 Å². The number of halogens is 1. The van der Waals surface area contributed by atoms with Crippen LogP contribution in [0.2, 0.25) is 0 Å². The molecule has 100 valence electrons. The number of hydrogen-bond donors (Lipinski definition) is 1. The van der Waals surface area contributed by atoms with E-state index in [1.165, 1.54) is 19.2 Å². The van der Waals surface area contributed by atoms with Gasteiger partial charge in [-0.3, -0.25) is 4.39 Å². The monoisotopic (exact) mass is 276 g/mol. The molecule has 7 heteroatoms. The van der Waals surface area contributed by atoms with Gasteiger partial charge in [-0.15, -0.1) is 0 Å². The standard InChI is InChI=1S/C11H13FO5S/c1-17-9-4-3-8(11(13)14)7-10(9)18(15,16)6-2-5-12/h3-4,7H,2,5-6H2,1H3,(H,13,14). The molecule has 0 aromatic heterocycles. The van der Waals surface area contributed by atoms with Gasteiger partial charge in [0.15, 0.2) is 9.84 Å². The lowest BCUT2D eigenvalue weighted by molar-refractivity contribution is 0.0696. The number of sulfone groups is 1. The average molecular weight is 276 g/mol. The summed E-state index contributed by atoms with van der Waals surface area (Å²) >= 11 is 0. The summed E-state index contributed by atoms with van der Waals surface area (Å²) < 4.78 is 40.7. The minimum atomic E-state index is -3.75. The van der Waals surface area contributed by atoms with Gasteiger partial charge in [-0.2, -0.15) is 0 Å². The quantitative estimate of drug-likeness (QED) is 0.852. The normalized spacial score (nSPS) is 11.2. The number of aromatic carboxylic acids is 1. The highest BCUT2D eigenvalue weighted by Gasteiger charge is 2.21. The van der Waals surface area contributed by atoms with Gasteiger partial charge in [-0.1, -0.05) is 0 Å². The number of methoxy groups -OCH3 is 1. The van der Waals surface area contributed by atoms with E-state index < -0.39 is 22.5 Å². The SMILES string of the molecule is COc1ccc(C(=O)O)cc1S(=O)(=O)CCCF. The molecular weight excluding hydrogens is 263 g/mol. The Morgan fingerprint density at radius 2 is 2.11 bits per heavy atom. The smallest absolute Gasteiger partial charge is 0.335 e. The average Bonchev–Trinajstić information content (AvgIpc) is 2.35. The van der Waals surface area contributed by atoms with Gasteiger partial charge in [-0.25, -0.2) is 13.2 Å². The first-order valence-electron chi connectivity index (χ1n) is 5.12. The highest BCUT2D eigenvalue weighted by Crippen LogP contribution is 2.26. The first-order valence-corrected chi connectivity index (χ1v) is 6.77. The summed E-state index contributed by atoms with van der Waals surface area (Å²) in [6.07, 6.45) is -0.136. The maximum absolute atomic E-state index is 12.0. The Labute approximate surface area is 104 Å². The van der Waals surface area contributed by atoms with Crippen molar-refractivity contribution in [3.05, 3.63) is 23.8 Å². The second-order valence-electron chi connectivity index (χ2n) is 3.53. The van der Waals surface area contributed by atoms with Gasteiger partial charge >= 0.3 is 5.97 Å². The van der Waals surface area contributed by atoms with Crippen LogP contribution < -0.4 is 4.74 Å². The Kier molecular flexibility index (Phi) is 4.66. The molecule has 0 aliphatic heterocycles. The van der Waals surface area contributed by atoms with Crippen LogP contribution in [0.4, 0.5) is 4.39 Å². The van der Waals surface area contributed by atoms with Crippen LogP contribution in [0.1, 0.15) is 16.8 Å². The van der Waals surface area contributed by atoms with Crippen LogP contribution in [0.3, 0.4) is 0 Å². The molecule has 0 heterocycles. The first-order chi connectivity index (χ1) is 8.42. The van der Waals surface area contributed by atoms with Crippen molar-refractivity contribution in [1.82, 2.24) is 0 Å². The predicted octanol–water partition coefficient (Wildman–Crippen LogP) is 1.53. The molecule has 18 heavy (non-hydrogen) atoms. The predicted molar refractivity (Wildman–Crippen MR) is 62.6 cm³/mol. The minimum Gasteiger partial charge on any atom is -0.495 e. The summed E-state index contributed by atoms with van der Waals surface area (Å²) in [6, 6.07) is 3.54. The number of hydrogen-bond acceptors (Lipinski definition) is 4. The van der Waals surface area contributed by atoms with E-state index in [0.717, 1.165) is 6.07 Å². The zero-order chi connectivity index (χ0) is 13.8. The van der Waals surface area contributed by atoms with E-state index >= 15 is 0 Å². The number of carboxylic acid groups (broad SMARTS) is 1. The summed E-state index contributed by atoms with van der Waals surface area (Å²) in [5.74, 6) is -1.57. The molecule has 0 amide bonds. The van der Waals surface area contributed by atoms with Crippen molar-refractivity contribution in [2.45, 2.75) is 11.3 Å². The molecule has 0 saturated heterocycles. The van der Waals surface area contributed by atoms with Crippen molar-refractivity contribution in [1.29, 1.82) is 0 Å². The summed E-state index contributed by atoms with van der Waals surface area (Å²) in [6.45, 7) is -0.750. The molecule has 0 aliphatic rings. The van der Waals surface area contributed by atoms with Gasteiger partial charge in [0.1, 0.15) is 10.6 Å². The fraction of sp³-hybridized carbons (Fsp3) is 0.364. The van der Waals surface area contributed by atoms with Crippen LogP contribution in [0.15, 0.2) is 23.1 Å². The van der Waals surface area contributed by atoms with E-state index in [-0.39, 0.29) is 28.4 Å². The third kappa shape index (κ3) is 3.19. The number of benzene rings is 1. The maximum Gasteiger partial charge on any atom is 0.335 e. The largest absolute Gasteiger partial charge is 0.495 e. The summed E-state index contributed by atoms with van der Waals surface area (Å²) in [4.78, 5) is 10.6. The van der Waals surface area contributed by atoms with Crippen LogP contribution >= 0.6 is 0 Å². The third-order valence-electron chi connectivity index (χ3n) is 2.29. The Balaban J connectivity index is 3.27. The first kappa shape index (κ1) is 14.4. The zero-order valence-corrected chi connectivity index (χ0v) is 10.5. The molecule has 0 spiro atoms. The lowest BCUT2D eigenvalue weighted by Crippen LogP contribution is -2.10. The van der Waals surface area contributed by atoms with E-state index in [1.54, 1.807) is 0 Å². The van der Waals surface area contributed by atoms with E-state index in [9.17, 15) is 17.6 Å². The van der Waals surface area contributed by atoms with Crippen molar-refractivity contribution < 1.29 is 27.4 Å². The highest BCUT2D eigenvalue weighted by molar-refractivity contribution is 7.91. The molecule has 1 aromatic carbocycles. The van der Waals surface area contributed by atoms with Gasteiger partial charge in [0, 0.05) is 0 Å². The van der Waals surface area contributed by atoms with Gasteiger partial charge in [-0.05, 0) is 24.6 Å². The third-order valence-corrected chi connectivity index (χ3v) is 4.11. The van der Waals surface area contributed by atoms with Crippen LogP contribution in [0.25, 0.3) is 0 Å². The lowest BCUT2D eigenvalue weighted by Gasteiger charge is -2.09. The van der Waals surface area contributed by atoms with Crippen LogP contribution in [-0.2, 0) is 9.84 Å². The van der Waals surface area contributed by atoms with Gasteiger partial charge in [0.2, 0.25) is 0 Å². The number of rotatable bonds is 6. The fourth-order valence-corrected chi connectivity index (χ4v) is 2.88. The highest BCUT2D eigenvalue weighted by atomic mass is 32.2. The Morgan fingerprint density at radius 1 is 1.44 bits per heavy atom. The van der Waals surface area contributed by atoms with E-state index in [2.05, 4.69) is 0 Å². The summed E-state index contributed by atoms with van der Waals surface area (Å²) in [7, 11) is -2.47. The van der Waals surface area contributed by atoms with Crippen LogP contribution in [0, 0.1) is 0 Å². The molecule has 1 rings (SSSR count). The molecule has 0 bridgehead atoms. The topological polar surface area (TPSA) is 80.7 Å². The fourth-order valence-electron chi connectivity index (χ4n) is 1.41. The number of alkyl halides is 1. The van der Waals surface area contributed by atoms with Crippen molar-refractivity contribution in [2.75, 3.05) is 19.5 Å². The number of carboxylic acids is 1. The Morgan fingerprint density at radius 3 is 2.61 bits per heavy atom. The molecule has 1 aromatic rings. The van der Waals surface area contributed by atoms with Crippen molar-refractivity contribution >= 4 is 15.8 Å². The lowest BCUT2D eigenvalue weighted by atomic mass is 10.2. The molecular formula is C11H13FO5S. The molecule has 1 N–H and O–H groups in total. The molecule has 0 aliphatic carbocycles. The van der Waals surface area contributed by atoms with Crippen molar-refractivity contribution in [3.8, 4) is 5.75 Å². The second-order valence-corrected chi connectivity index (χ2v) is 5.61. The molecule has 0 atom stereocenters. The van der Waals surface area contributed by atoms with Gasteiger partial charge in [0.05, 0.1) is 25.1 Å². The summed E-state index contributed by atoms with van der Waals surface area (Å²) in [5, 5.41) is 8.82. The van der Waals surface area contributed by atoms with Crippen molar-refractivity contribution in [2.24, 2.45) is 0 Å². The van der Waals surface area contributed by atoms with Crippen LogP contribution in [0.5, 0.6) is 5.75 Å². The second kappa shape index (κ2) is 5.81. The molecule has 0 unspecified atom stereocenters. The van der Waals surface area contributed by atoms with Gasteiger partial charge < -0.3 is 9.84 Å². The Bertz CT molecular complexity index is 538. The van der Waals surface area contributed by atoms with Crippen molar-refractivity contribution in [3.63, 3.8) is 0 Å². The maximum atomic E-state index is 12.0. The van der Waals surface area contributed by atoms with E-state index in [0.29, 0.717) is 0 Å². The van der Waals surface area contributed by atoms with Gasteiger partial charge in [0.25, 0.3) is 0 Å². The Hall–Kier alpha value is -1.63.